The first-order valence-electron chi connectivity index (χ1n) is 7.76. The molecular formula is C16H26N2O2. The fourth-order valence-corrected chi connectivity index (χ4v) is 2.85. The van der Waals surface area contributed by atoms with Crippen molar-refractivity contribution in [3.63, 3.8) is 0 Å². The molecule has 2 rings (SSSR count). The Morgan fingerprint density at radius 1 is 1.50 bits per heavy atom. The van der Waals surface area contributed by atoms with E-state index >= 15 is 0 Å². The summed E-state index contributed by atoms with van der Waals surface area (Å²) in [5.41, 5.74) is 0.716. The van der Waals surface area contributed by atoms with E-state index in [0.717, 1.165) is 19.3 Å². The average molecular weight is 278 g/mol. The molecule has 1 fully saturated rings. The molecule has 1 aromatic heterocycles. The first kappa shape index (κ1) is 15.1. The summed E-state index contributed by atoms with van der Waals surface area (Å²) in [7, 11) is 0. The van der Waals surface area contributed by atoms with Crippen molar-refractivity contribution in [2.75, 3.05) is 6.54 Å². The van der Waals surface area contributed by atoms with E-state index < -0.39 is 6.10 Å². The van der Waals surface area contributed by atoms with E-state index in [9.17, 15) is 9.90 Å². The maximum atomic E-state index is 12.3. The lowest BCUT2D eigenvalue weighted by molar-refractivity contribution is 0.0840. The minimum Gasteiger partial charge on any atom is -0.391 e. The number of carbonyl (C=O) groups is 1. The summed E-state index contributed by atoms with van der Waals surface area (Å²) in [5.74, 6) is 0.126. The normalized spacial score (nSPS) is 18.9. The predicted molar refractivity (Wildman–Crippen MR) is 79.7 cm³/mol. The maximum Gasteiger partial charge on any atom is 0.268 e. The number of nitrogens with one attached hydrogen (secondary N) is 1. The van der Waals surface area contributed by atoms with Crippen molar-refractivity contribution in [3.8, 4) is 0 Å². The van der Waals surface area contributed by atoms with E-state index in [1.54, 1.807) is 0 Å². The van der Waals surface area contributed by atoms with Crippen LogP contribution in [0.5, 0.6) is 0 Å². The van der Waals surface area contributed by atoms with Crippen LogP contribution in [0.4, 0.5) is 0 Å². The van der Waals surface area contributed by atoms with E-state index in [-0.39, 0.29) is 11.8 Å². The first-order valence-corrected chi connectivity index (χ1v) is 7.76. The zero-order valence-corrected chi connectivity index (χ0v) is 12.5. The summed E-state index contributed by atoms with van der Waals surface area (Å²) in [5, 5.41) is 12.8. The third kappa shape index (κ3) is 3.42. The molecule has 1 heterocycles. The topological polar surface area (TPSA) is 54.3 Å². The number of rotatable bonds is 6. The Bertz CT molecular complexity index is 435. The van der Waals surface area contributed by atoms with Crippen LogP contribution in [0.1, 0.15) is 62.5 Å². The summed E-state index contributed by atoms with van der Waals surface area (Å²) < 4.78 is 2.10. The second kappa shape index (κ2) is 6.93. The van der Waals surface area contributed by atoms with Crippen LogP contribution in [0, 0.1) is 5.92 Å². The minimum absolute atomic E-state index is 0.0794. The summed E-state index contributed by atoms with van der Waals surface area (Å²) in [6, 6.07) is 4.26. The Morgan fingerprint density at radius 2 is 2.20 bits per heavy atom. The van der Waals surface area contributed by atoms with Gasteiger partial charge in [-0.15, -0.1) is 0 Å². The molecule has 4 nitrogen and oxygen atoms in total. The molecule has 0 aromatic carbocycles. The first-order chi connectivity index (χ1) is 9.63. The smallest absolute Gasteiger partial charge is 0.268 e. The quantitative estimate of drug-likeness (QED) is 0.840. The summed E-state index contributed by atoms with van der Waals surface area (Å²) >= 11 is 0. The summed E-state index contributed by atoms with van der Waals surface area (Å²) in [6.45, 7) is 4.36. The van der Waals surface area contributed by atoms with E-state index in [2.05, 4.69) is 9.88 Å². The molecule has 1 saturated carbocycles. The molecule has 0 bridgehead atoms. The molecule has 0 spiro atoms. The largest absolute Gasteiger partial charge is 0.391 e. The third-order valence-corrected chi connectivity index (χ3v) is 4.50. The summed E-state index contributed by atoms with van der Waals surface area (Å²) in [6.07, 6.45) is 7.24. The van der Waals surface area contributed by atoms with E-state index in [1.165, 1.54) is 12.8 Å². The lowest BCUT2D eigenvalue weighted by Gasteiger charge is -2.19. The molecule has 0 aliphatic heterocycles. The van der Waals surface area contributed by atoms with Crippen molar-refractivity contribution < 1.29 is 9.90 Å². The molecule has 2 atom stereocenters. The Labute approximate surface area is 121 Å². The highest BCUT2D eigenvalue weighted by atomic mass is 16.3. The lowest BCUT2D eigenvalue weighted by Crippen LogP contribution is -2.36. The van der Waals surface area contributed by atoms with Gasteiger partial charge in [0.2, 0.25) is 0 Å². The van der Waals surface area contributed by atoms with Crippen molar-refractivity contribution in [2.24, 2.45) is 5.92 Å². The van der Waals surface area contributed by atoms with Crippen LogP contribution in [0.25, 0.3) is 0 Å². The molecule has 0 saturated heterocycles. The highest BCUT2D eigenvalue weighted by Crippen LogP contribution is 2.30. The van der Waals surface area contributed by atoms with E-state index in [1.807, 2.05) is 32.2 Å². The lowest BCUT2D eigenvalue weighted by atomic mass is 10.0. The van der Waals surface area contributed by atoms with E-state index in [0.29, 0.717) is 18.3 Å². The summed E-state index contributed by atoms with van der Waals surface area (Å²) in [4.78, 5) is 12.3. The van der Waals surface area contributed by atoms with Gasteiger partial charge in [-0.05, 0) is 30.9 Å². The molecule has 1 aliphatic rings. The molecule has 0 radical (unpaired) electrons. The monoisotopic (exact) mass is 278 g/mol. The van der Waals surface area contributed by atoms with E-state index in [4.69, 9.17) is 0 Å². The second-order valence-corrected chi connectivity index (χ2v) is 5.90. The Balaban J connectivity index is 1.94. The number of hydrogen-bond donors (Lipinski definition) is 2. The number of hydrogen-bond acceptors (Lipinski definition) is 2. The molecule has 1 aromatic rings. The number of nitrogens with zero attached hydrogens (tertiary/aromatic N) is 1. The fraction of sp³-hybridized carbons (Fsp3) is 0.688. The second-order valence-electron chi connectivity index (χ2n) is 5.90. The van der Waals surface area contributed by atoms with Gasteiger partial charge in [-0.3, -0.25) is 4.79 Å². The zero-order chi connectivity index (χ0) is 14.5. The van der Waals surface area contributed by atoms with Crippen LogP contribution in [-0.2, 0) is 0 Å². The molecule has 1 amide bonds. The Hall–Kier alpha value is -1.29. The standard InChI is InChI=1S/C16H26N2O2/c1-3-12(2)15(19)11-17-16(20)14-9-6-10-18(14)13-7-4-5-8-13/h6,9-10,12-13,15,19H,3-5,7-8,11H2,1-2H3,(H,17,20). The van der Waals surface area contributed by atoms with Crippen molar-refractivity contribution in [1.82, 2.24) is 9.88 Å². The minimum atomic E-state index is -0.473. The van der Waals surface area contributed by atoms with Gasteiger partial charge < -0.3 is 15.0 Å². The number of carbonyl (C=O) groups excluding carboxylic acids is 1. The number of aliphatic hydroxyl groups excluding tert-OH is 1. The van der Waals surface area contributed by atoms with Crippen molar-refractivity contribution in [1.29, 1.82) is 0 Å². The predicted octanol–water partition coefficient (Wildman–Crippen LogP) is 2.74. The molecular weight excluding hydrogens is 252 g/mol. The van der Waals surface area contributed by atoms with Crippen LogP contribution in [0.2, 0.25) is 0 Å². The maximum absolute atomic E-state index is 12.3. The molecule has 112 valence electrons. The molecule has 1 aliphatic carbocycles. The number of aliphatic hydroxyl groups is 1. The number of aromatic nitrogens is 1. The molecule has 4 heteroatoms. The third-order valence-electron chi connectivity index (χ3n) is 4.50. The Kier molecular flexibility index (Phi) is 5.24. The molecule has 2 unspecified atom stereocenters. The van der Waals surface area contributed by atoms with Gasteiger partial charge in [0, 0.05) is 18.8 Å². The van der Waals surface area contributed by atoms with Crippen LogP contribution in [0.3, 0.4) is 0 Å². The number of amides is 1. The average Bonchev–Trinajstić information content (AvgIpc) is 3.12. The van der Waals surface area contributed by atoms with Crippen LogP contribution in [-0.4, -0.2) is 28.2 Å². The SMILES string of the molecule is CCC(C)C(O)CNC(=O)c1cccn1C1CCCC1. The van der Waals surface area contributed by atoms with Crippen molar-refractivity contribution in [2.45, 2.75) is 58.1 Å². The van der Waals surface area contributed by atoms with Gasteiger partial charge in [0.1, 0.15) is 5.69 Å². The van der Waals surface area contributed by atoms with Crippen LogP contribution in [0.15, 0.2) is 18.3 Å². The van der Waals surface area contributed by atoms with Gasteiger partial charge >= 0.3 is 0 Å². The van der Waals surface area contributed by atoms with Gasteiger partial charge in [-0.1, -0.05) is 33.1 Å². The van der Waals surface area contributed by atoms with Gasteiger partial charge in [0.25, 0.3) is 5.91 Å². The zero-order valence-electron chi connectivity index (χ0n) is 12.5. The van der Waals surface area contributed by atoms with Crippen molar-refractivity contribution in [3.05, 3.63) is 24.0 Å². The van der Waals surface area contributed by atoms with Gasteiger partial charge in [-0.25, -0.2) is 0 Å². The molecule has 20 heavy (non-hydrogen) atoms. The highest BCUT2D eigenvalue weighted by Gasteiger charge is 2.21. The van der Waals surface area contributed by atoms with Gasteiger partial charge in [0.15, 0.2) is 0 Å². The van der Waals surface area contributed by atoms with Crippen LogP contribution < -0.4 is 5.32 Å². The Morgan fingerprint density at radius 3 is 2.85 bits per heavy atom. The molecule has 2 N–H and O–H groups in total. The fourth-order valence-electron chi connectivity index (χ4n) is 2.85. The van der Waals surface area contributed by atoms with Gasteiger partial charge in [-0.2, -0.15) is 0 Å². The highest BCUT2D eigenvalue weighted by molar-refractivity contribution is 5.92. The van der Waals surface area contributed by atoms with Gasteiger partial charge in [0.05, 0.1) is 6.10 Å². The van der Waals surface area contributed by atoms with Crippen molar-refractivity contribution >= 4 is 5.91 Å². The van der Waals surface area contributed by atoms with Crippen LogP contribution >= 0.6 is 0 Å².